The summed E-state index contributed by atoms with van der Waals surface area (Å²) in [6, 6.07) is 4.06. The molecule has 0 saturated carbocycles. The van der Waals surface area contributed by atoms with Gasteiger partial charge in [-0.15, -0.1) is 0 Å². The van der Waals surface area contributed by atoms with Crippen LogP contribution < -0.4 is 29.1 Å². The number of hydrogen-bond donors (Lipinski definition) is 0. The Hall–Kier alpha value is -8.28. The van der Waals surface area contributed by atoms with Gasteiger partial charge >= 0.3 is 53.7 Å². The van der Waals surface area contributed by atoms with Gasteiger partial charge in [0.25, 0.3) is 0 Å². The standard InChI is InChI=1S/C63H72O28/c1-15-16-36-19-35-20-37-47(58(84-32(10)69)46(35)63(73)87-36)49-50(61(86-34(12)71)56(37)82-30(8)67)60(75-14)62-51(59(49)85-33(11)70)52(72)48-38(89-62)17-18-39(57(48)83-31(9)68)88-43-22-41(79-27(5)64)54(25(3)76-43)91-45-23-42(80-28(6)65)55(26(4)78-45)90-44-21-40(74-13)53(24(2)77-44)81-29(7)66/h17-18,20,24-26,36,40-45,53-56,61H,15-16,19,21-23H2,1-14H3/t24-,25-,26-,36?,40-,41-,42-,43+,44+,45+,53-,54-,55-,56?,61?/m1/s1. The molecule has 3 unspecified atom stereocenters. The maximum atomic E-state index is 15.8. The summed E-state index contributed by atoms with van der Waals surface area (Å²) in [5.74, 6) is -9.76. The number of cyclic esters (lactones) is 1. The van der Waals surface area contributed by atoms with Gasteiger partial charge in [0.15, 0.2) is 65.2 Å². The van der Waals surface area contributed by atoms with Gasteiger partial charge in [-0.2, -0.15) is 0 Å². The average molecular weight is 1280 g/mol. The Morgan fingerprint density at radius 3 is 1.59 bits per heavy atom. The van der Waals surface area contributed by atoms with Crippen LogP contribution in [0.4, 0.5) is 0 Å². The van der Waals surface area contributed by atoms with Crippen molar-refractivity contribution in [1.82, 2.24) is 0 Å². The van der Waals surface area contributed by atoms with Gasteiger partial charge in [-0.1, -0.05) is 19.4 Å². The lowest BCUT2D eigenvalue weighted by molar-refractivity contribution is -0.332. The molecule has 1 aromatic heterocycles. The highest BCUT2D eigenvalue weighted by Crippen LogP contribution is 2.61. The molecule has 5 aliphatic rings. The van der Waals surface area contributed by atoms with E-state index in [9.17, 15) is 43.2 Å². The lowest BCUT2D eigenvalue weighted by Crippen LogP contribution is -2.57. The monoisotopic (exact) mass is 1280 g/mol. The SMILES string of the molecule is CCCC1Cc2cc3c(c(OC(C)=O)c2C(=O)O1)-c1c(c(OC)c2oc4ccc(O[C@H]5C[C@@H](OC(C)=O)[C@H](O[C@H]6C[C@@H](OC(C)=O)[C@H](O[C@H]7C[C@@H](OC)[C@H](OC(C)=O)[C@@H](C)O7)[C@@H](C)O6)[C@@H](C)O5)c(OC(C)=O)c4c(=O)c2c1OC(C)=O)C(OC(C)=O)C3OC(C)=O. The van der Waals surface area contributed by atoms with Gasteiger partial charge in [0.2, 0.25) is 11.7 Å². The largest absolute Gasteiger partial charge is 0.492 e. The zero-order valence-electron chi connectivity index (χ0n) is 52.6. The first-order valence-corrected chi connectivity index (χ1v) is 29.6. The second kappa shape index (κ2) is 27.7. The summed E-state index contributed by atoms with van der Waals surface area (Å²) in [6.45, 7) is 15.9. The third-order valence-corrected chi connectivity index (χ3v) is 15.7. The third kappa shape index (κ3) is 14.1. The van der Waals surface area contributed by atoms with Gasteiger partial charge in [0, 0.05) is 105 Å². The molecule has 4 aromatic rings. The normalized spacial score (nSPS) is 27.5. The second-order valence-corrected chi connectivity index (χ2v) is 22.6. The molecular formula is C63H72O28. The number of rotatable bonds is 18. The molecule has 3 fully saturated rings. The first-order valence-electron chi connectivity index (χ1n) is 29.6. The third-order valence-electron chi connectivity index (χ3n) is 15.7. The summed E-state index contributed by atoms with van der Waals surface area (Å²) in [5.41, 5.74) is -2.54. The minimum absolute atomic E-state index is 0.0166. The lowest BCUT2D eigenvalue weighted by Gasteiger charge is -2.46. The molecule has 0 radical (unpaired) electrons. The van der Waals surface area contributed by atoms with E-state index in [-0.39, 0.29) is 70.6 Å². The van der Waals surface area contributed by atoms with Crippen LogP contribution in [0.2, 0.25) is 0 Å². The van der Waals surface area contributed by atoms with Crippen LogP contribution in [-0.2, 0) is 102 Å². The molecule has 28 heteroatoms. The first kappa shape index (κ1) is 67.1. The predicted octanol–water partition coefficient (Wildman–Crippen LogP) is 6.87. The molecule has 3 aromatic carbocycles. The Morgan fingerprint density at radius 1 is 0.538 bits per heavy atom. The van der Waals surface area contributed by atoms with E-state index in [0.717, 1.165) is 34.6 Å². The molecule has 492 valence electrons. The molecule has 0 amide bonds. The van der Waals surface area contributed by atoms with Gasteiger partial charge in [-0.3, -0.25) is 43.2 Å². The quantitative estimate of drug-likeness (QED) is 0.0424. The zero-order chi connectivity index (χ0) is 66.2. The zero-order valence-corrected chi connectivity index (χ0v) is 52.6. The van der Waals surface area contributed by atoms with E-state index in [2.05, 4.69) is 0 Å². The number of benzene rings is 3. The Labute approximate surface area is 520 Å². The van der Waals surface area contributed by atoms with Gasteiger partial charge in [0.05, 0.1) is 31.0 Å². The number of carbonyl (C=O) groups is 9. The number of methoxy groups -OCH3 is 2. The highest BCUT2D eigenvalue weighted by Gasteiger charge is 2.51. The topological polar surface area (TPSA) is 341 Å². The van der Waals surface area contributed by atoms with Gasteiger partial charge in [0.1, 0.15) is 58.5 Å². The molecule has 0 bridgehead atoms. The van der Waals surface area contributed by atoms with Crippen molar-refractivity contribution in [3.05, 3.63) is 50.7 Å². The number of esters is 9. The van der Waals surface area contributed by atoms with Crippen LogP contribution in [0.5, 0.6) is 28.7 Å². The molecule has 5 heterocycles. The molecule has 28 nitrogen and oxygen atoms in total. The summed E-state index contributed by atoms with van der Waals surface area (Å²) in [4.78, 5) is 134. The Morgan fingerprint density at radius 2 is 1.05 bits per heavy atom. The maximum Gasteiger partial charge on any atom is 0.342 e. The van der Waals surface area contributed by atoms with Crippen LogP contribution in [-0.4, -0.2) is 148 Å². The van der Waals surface area contributed by atoms with Crippen molar-refractivity contribution >= 4 is 75.7 Å². The average Bonchev–Trinajstić information content (AvgIpc) is 0.695. The fourth-order valence-electron chi connectivity index (χ4n) is 12.5. The van der Waals surface area contributed by atoms with Gasteiger partial charge in [-0.25, -0.2) is 4.79 Å². The fourth-order valence-corrected chi connectivity index (χ4v) is 12.5. The summed E-state index contributed by atoms with van der Waals surface area (Å²) in [7, 11) is 2.64. The summed E-state index contributed by atoms with van der Waals surface area (Å²) in [5, 5.41) is -1.06. The van der Waals surface area contributed by atoms with Crippen molar-refractivity contribution in [1.29, 1.82) is 0 Å². The van der Waals surface area contributed by atoms with Crippen LogP contribution in [0.15, 0.2) is 27.4 Å². The molecule has 91 heavy (non-hydrogen) atoms. The van der Waals surface area contributed by atoms with Gasteiger partial charge < -0.3 is 84.9 Å². The highest BCUT2D eigenvalue weighted by molar-refractivity contribution is 6.09. The molecule has 3 saturated heterocycles. The van der Waals surface area contributed by atoms with Crippen molar-refractivity contribution in [2.75, 3.05) is 14.2 Å². The predicted molar refractivity (Wildman–Crippen MR) is 307 cm³/mol. The van der Waals surface area contributed by atoms with Crippen molar-refractivity contribution in [2.24, 2.45) is 0 Å². The summed E-state index contributed by atoms with van der Waals surface area (Å²) >= 11 is 0. The van der Waals surface area contributed by atoms with Crippen LogP contribution >= 0.6 is 0 Å². The minimum Gasteiger partial charge on any atom is -0.492 e. The first-order chi connectivity index (χ1) is 43.1. The van der Waals surface area contributed by atoms with E-state index in [1.807, 2.05) is 6.92 Å². The van der Waals surface area contributed by atoms with E-state index in [0.29, 0.717) is 18.4 Å². The van der Waals surface area contributed by atoms with Crippen LogP contribution in [0.25, 0.3) is 33.1 Å². The molecule has 1 aliphatic carbocycles. The van der Waals surface area contributed by atoms with Crippen LogP contribution in [0.3, 0.4) is 0 Å². The fraction of sp³-hybridized carbons (Fsp3) is 0.556. The van der Waals surface area contributed by atoms with Crippen LogP contribution in [0, 0.1) is 0 Å². The molecule has 9 rings (SSSR count). The second-order valence-electron chi connectivity index (χ2n) is 22.6. The minimum atomic E-state index is -1.69. The van der Waals surface area contributed by atoms with Crippen LogP contribution in [0.1, 0.15) is 154 Å². The summed E-state index contributed by atoms with van der Waals surface area (Å²) in [6.07, 6.45) is -14.2. The number of hydrogen-bond acceptors (Lipinski definition) is 28. The Balaban J connectivity index is 1.12. The number of carbonyl (C=O) groups excluding carboxylic acids is 9. The highest BCUT2D eigenvalue weighted by atomic mass is 16.8. The van der Waals surface area contributed by atoms with E-state index in [1.54, 1.807) is 20.8 Å². The van der Waals surface area contributed by atoms with E-state index in [1.165, 1.54) is 53.2 Å². The summed E-state index contributed by atoms with van der Waals surface area (Å²) < 4.78 is 109. The molecular weight excluding hydrogens is 1200 g/mol. The Kier molecular flexibility index (Phi) is 20.4. The van der Waals surface area contributed by atoms with Crippen molar-refractivity contribution < 1.29 is 128 Å². The lowest BCUT2D eigenvalue weighted by atomic mass is 9.76. The smallest absolute Gasteiger partial charge is 0.342 e. The van der Waals surface area contributed by atoms with Crippen molar-refractivity contribution in [2.45, 2.75) is 214 Å². The van der Waals surface area contributed by atoms with Crippen molar-refractivity contribution in [3.8, 4) is 39.9 Å². The molecule has 0 spiro atoms. The van der Waals surface area contributed by atoms with Crippen molar-refractivity contribution in [3.63, 3.8) is 0 Å². The van der Waals surface area contributed by atoms with E-state index >= 15 is 4.79 Å². The Bertz CT molecular complexity index is 3620. The molecule has 15 atom stereocenters. The molecule has 0 N–H and O–H groups in total. The van der Waals surface area contributed by atoms with E-state index in [4.69, 9.17) is 84.9 Å². The number of fused-ring (bicyclic) bond motifs is 6. The molecule has 4 aliphatic heterocycles. The van der Waals surface area contributed by atoms with E-state index < -0.39 is 185 Å². The maximum absolute atomic E-state index is 15.8. The number of ether oxygens (including phenoxy) is 17. The van der Waals surface area contributed by atoms with Gasteiger partial charge in [-0.05, 0) is 44.9 Å².